The Morgan fingerprint density at radius 3 is 2.25 bits per heavy atom. The minimum Gasteiger partial charge on any atom is -0.493 e. The third kappa shape index (κ3) is 7.18. The van der Waals surface area contributed by atoms with E-state index in [1.165, 1.54) is 19.2 Å². The number of nitrogens with one attached hydrogen (secondary N) is 1. The van der Waals surface area contributed by atoms with Crippen molar-refractivity contribution < 1.29 is 23.5 Å². The van der Waals surface area contributed by atoms with Gasteiger partial charge in [0.2, 0.25) is 11.8 Å². The summed E-state index contributed by atoms with van der Waals surface area (Å²) in [6.45, 7) is 4.09. The number of hydrogen-bond acceptors (Lipinski definition) is 4. The van der Waals surface area contributed by atoms with Crippen LogP contribution in [0.25, 0.3) is 0 Å². The molecule has 0 saturated carbocycles. The summed E-state index contributed by atoms with van der Waals surface area (Å²) >= 11 is 0. The number of amides is 2. The number of hydrogen-bond donors (Lipinski definition) is 1. The van der Waals surface area contributed by atoms with Gasteiger partial charge in [-0.25, -0.2) is 4.39 Å². The van der Waals surface area contributed by atoms with Gasteiger partial charge in [0.05, 0.1) is 20.6 Å². The van der Waals surface area contributed by atoms with Crippen molar-refractivity contribution in [2.75, 3.05) is 20.8 Å². The summed E-state index contributed by atoms with van der Waals surface area (Å²) in [6.07, 6.45) is 1.96. The second-order valence-electron chi connectivity index (χ2n) is 8.25. The molecule has 0 spiro atoms. The third-order valence-corrected chi connectivity index (χ3v) is 5.76. The molecule has 2 amide bonds. The summed E-state index contributed by atoms with van der Waals surface area (Å²) in [7, 11) is 3.08. The van der Waals surface area contributed by atoms with Crippen LogP contribution in [0.3, 0.4) is 0 Å². The molecule has 0 heterocycles. The molecule has 6 nitrogen and oxygen atoms in total. The Bertz CT molecular complexity index is 1170. The summed E-state index contributed by atoms with van der Waals surface area (Å²) in [5.74, 6) is 0.161. The van der Waals surface area contributed by atoms with E-state index in [0.29, 0.717) is 29.0 Å². The quantitative estimate of drug-likeness (QED) is 0.384. The molecule has 3 aromatic carbocycles. The normalized spacial score (nSPS) is 11.3. The Labute approximate surface area is 211 Å². The zero-order valence-electron chi connectivity index (χ0n) is 20.6. The first-order chi connectivity index (χ1) is 17.4. The fourth-order valence-electron chi connectivity index (χ4n) is 3.90. The van der Waals surface area contributed by atoms with Crippen molar-refractivity contribution in [1.82, 2.24) is 10.2 Å². The minimum absolute atomic E-state index is 0.0432. The van der Waals surface area contributed by atoms with Gasteiger partial charge in [0.25, 0.3) is 0 Å². The molecule has 0 bridgehead atoms. The second-order valence-corrected chi connectivity index (χ2v) is 8.25. The van der Waals surface area contributed by atoms with Gasteiger partial charge in [-0.1, -0.05) is 54.6 Å². The maximum atomic E-state index is 13.7. The zero-order valence-corrected chi connectivity index (χ0v) is 20.6. The van der Waals surface area contributed by atoms with E-state index < -0.39 is 6.04 Å². The summed E-state index contributed by atoms with van der Waals surface area (Å²) < 4.78 is 24.2. The van der Waals surface area contributed by atoms with Gasteiger partial charge in [0, 0.05) is 19.5 Å². The van der Waals surface area contributed by atoms with Crippen molar-refractivity contribution in [2.24, 2.45) is 0 Å². The molecule has 0 aliphatic heterocycles. The lowest BCUT2D eigenvalue weighted by atomic mass is 10.0. The molecular formula is C29H31FN2O4. The van der Waals surface area contributed by atoms with Crippen LogP contribution in [-0.2, 0) is 29.0 Å². The average Bonchev–Trinajstić information content (AvgIpc) is 2.90. The van der Waals surface area contributed by atoms with E-state index in [-0.39, 0.29) is 37.1 Å². The van der Waals surface area contributed by atoms with E-state index in [1.54, 1.807) is 48.4 Å². The fraction of sp³-hybridized carbons (Fsp3) is 0.241. The van der Waals surface area contributed by atoms with Gasteiger partial charge in [0.15, 0.2) is 11.5 Å². The number of carbonyl (C=O) groups is 2. The summed E-state index contributed by atoms with van der Waals surface area (Å²) in [4.78, 5) is 28.6. The predicted molar refractivity (Wildman–Crippen MR) is 137 cm³/mol. The predicted octanol–water partition coefficient (Wildman–Crippen LogP) is 4.33. The van der Waals surface area contributed by atoms with Gasteiger partial charge >= 0.3 is 0 Å². The summed E-state index contributed by atoms with van der Waals surface area (Å²) in [5.41, 5.74) is 2.35. The molecular weight excluding hydrogens is 459 g/mol. The molecule has 3 rings (SSSR count). The maximum Gasteiger partial charge on any atom is 0.243 e. The van der Waals surface area contributed by atoms with Gasteiger partial charge in [0.1, 0.15) is 11.9 Å². The SMILES string of the molecule is C=CCNC(=O)C(Cc1ccccc1)N(Cc1ccc(F)cc1)C(=O)Cc1ccc(OC)c(OC)c1. The number of methoxy groups -OCH3 is 2. The minimum atomic E-state index is -0.787. The standard InChI is InChI=1S/C29H31FN2O4/c1-4-16-31-29(34)25(17-21-8-6-5-7-9-21)32(20-22-10-13-24(30)14-11-22)28(33)19-23-12-15-26(35-2)27(18-23)36-3/h4-15,18,25H,1,16-17,19-20H2,2-3H3,(H,31,34). The second kappa shape index (κ2) is 13.1. The molecule has 1 unspecified atom stereocenters. The Morgan fingerprint density at radius 1 is 0.944 bits per heavy atom. The smallest absolute Gasteiger partial charge is 0.243 e. The van der Waals surface area contributed by atoms with Crippen LogP contribution in [0, 0.1) is 5.82 Å². The molecule has 3 aromatic rings. The van der Waals surface area contributed by atoms with Crippen LogP contribution in [0.4, 0.5) is 4.39 Å². The van der Waals surface area contributed by atoms with Crippen LogP contribution in [0.15, 0.2) is 85.5 Å². The van der Waals surface area contributed by atoms with Gasteiger partial charge in [-0.3, -0.25) is 9.59 Å². The summed E-state index contributed by atoms with van der Waals surface area (Å²) in [6, 6.07) is 19.9. The van der Waals surface area contributed by atoms with Crippen LogP contribution in [0.5, 0.6) is 11.5 Å². The van der Waals surface area contributed by atoms with Gasteiger partial charge in [-0.05, 0) is 41.0 Å². The number of carbonyl (C=O) groups excluding carboxylic acids is 2. The first-order valence-electron chi connectivity index (χ1n) is 11.6. The summed E-state index contributed by atoms with van der Waals surface area (Å²) in [5, 5.41) is 2.83. The molecule has 1 N–H and O–H groups in total. The lowest BCUT2D eigenvalue weighted by Gasteiger charge is -2.31. The Hall–Kier alpha value is -4.13. The van der Waals surface area contributed by atoms with E-state index in [0.717, 1.165) is 5.56 Å². The Morgan fingerprint density at radius 2 is 1.61 bits per heavy atom. The van der Waals surface area contributed by atoms with E-state index in [9.17, 15) is 14.0 Å². The fourth-order valence-corrected chi connectivity index (χ4v) is 3.90. The molecule has 1 atom stereocenters. The molecule has 0 aliphatic rings. The van der Waals surface area contributed by atoms with Crippen molar-refractivity contribution in [3.63, 3.8) is 0 Å². The molecule has 188 valence electrons. The highest BCUT2D eigenvalue weighted by molar-refractivity contribution is 5.89. The highest BCUT2D eigenvalue weighted by atomic mass is 19.1. The molecule has 36 heavy (non-hydrogen) atoms. The molecule has 0 aromatic heterocycles. The average molecular weight is 491 g/mol. The molecule has 0 aliphatic carbocycles. The van der Waals surface area contributed by atoms with Crippen LogP contribution < -0.4 is 14.8 Å². The van der Waals surface area contributed by atoms with Gasteiger partial charge in [-0.15, -0.1) is 6.58 Å². The van der Waals surface area contributed by atoms with E-state index in [2.05, 4.69) is 11.9 Å². The lowest BCUT2D eigenvalue weighted by molar-refractivity contribution is -0.140. The Kier molecular flexibility index (Phi) is 9.63. The highest BCUT2D eigenvalue weighted by Crippen LogP contribution is 2.28. The van der Waals surface area contributed by atoms with E-state index >= 15 is 0 Å². The van der Waals surface area contributed by atoms with Crippen LogP contribution in [0.1, 0.15) is 16.7 Å². The number of ether oxygens (including phenoxy) is 2. The monoisotopic (exact) mass is 490 g/mol. The number of nitrogens with zero attached hydrogens (tertiary/aromatic N) is 1. The van der Waals surface area contributed by atoms with Gasteiger partial charge in [-0.2, -0.15) is 0 Å². The van der Waals surface area contributed by atoms with E-state index in [1.807, 2.05) is 30.3 Å². The number of halogens is 1. The first kappa shape index (κ1) is 26.5. The molecule has 0 fully saturated rings. The van der Waals surface area contributed by atoms with Gasteiger partial charge < -0.3 is 19.7 Å². The van der Waals surface area contributed by atoms with Crippen LogP contribution in [0.2, 0.25) is 0 Å². The van der Waals surface area contributed by atoms with Crippen molar-refractivity contribution in [3.05, 3.63) is 108 Å². The Balaban J connectivity index is 1.96. The van der Waals surface area contributed by atoms with Crippen molar-refractivity contribution >= 4 is 11.8 Å². The van der Waals surface area contributed by atoms with Crippen molar-refractivity contribution in [1.29, 1.82) is 0 Å². The molecule has 7 heteroatoms. The van der Waals surface area contributed by atoms with Crippen molar-refractivity contribution in [3.8, 4) is 11.5 Å². The largest absolute Gasteiger partial charge is 0.493 e. The highest BCUT2D eigenvalue weighted by Gasteiger charge is 2.30. The van der Waals surface area contributed by atoms with Crippen molar-refractivity contribution in [2.45, 2.75) is 25.4 Å². The topological polar surface area (TPSA) is 67.9 Å². The number of rotatable bonds is 12. The van der Waals surface area contributed by atoms with Crippen LogP contribution >= 0.6 is 0 Å². The molecule has 0 radical (unpaired) electrons. The maximum absolute atomic E-state index is 13.7. The third-order valence-electron chi connectivity index (χ3n) is 5.76. The number of benzene rings is 3. The van der Waals surface area contributed by atoms with E-state index in [4.69, 9.17) is 9.47 Å². The first-order valence-corrected chi connectivity index (χ1v) is 11.6. The molecule has 0 saturated heterocycles. The van der Waals surface area contributed by atoms with Crippen LogP contribution in [-0.4, -0.2) is 43.5 Å². The zero-order chi connectivity index (χ0) is 25.9. The lowest BCUT2D eigenvalue weighted by Crippen LogP contribution is -2.51.